The zero-order valence-corrected chi connectivity index (χ0v) is 12.9. The van der Waals surface area contributed by atoms with Gasteiger partial charge >= 0.3 is 0 Å². The molecule has 0 saturated heterocycles. The van der Waals surface area contributed by atoms with Gasteiger partial charge in [0, 0.05) is 22.7 Å². The predicted octanol–water partition coefficient (Wildman–Crippen LogP) is 3.67. The standard InChI is InChI=1S/C19H14N2O3/c1-24-18-7-6-12(9-17(18)22)8-13(10-20)19(23)15-11-21-16-5-3-2-4-14(15)16/h2-9,11,21-22H,1H3/b13-8+. The van der Waals surface area contributed by atoms with E-state index in [4.69, 9.17) is 4.74 Å². The van der Waals surface area contributed by atoms with Crippen molar-refractivity contribution in [1.29, 1.82) is 5.26 Å². The fourth-order valence-electron chi connectivity index (χ4n) is 2.52. The molecule has 2 aromatic carbocycles. The molecule has 0 atom stereocenters. The fourth-order valence-corrected chi connectivity index (χ4v) is 2.52. The lowest BCUT2D eigenvalue weighted by atomic mass is 10.0. The highest BCUT2D eigenvalue weighted by Crippen LogP contribution is 2.28. The van der Waals surface area contributed by atoms with Crippen molar-refractivity contribution in [2.45, 2.75) is 0 Å². The number of carbonyl (C=O) groups excluding carboxylic acids is 1. The number of methoxy groups -OCH3 is 1. The van der Waals surface area contributed by atoms with E-state index in [1.165, 1.54) is 19.3 Å². The number of H-pyrrole nitrogens is 1. The van der Waals surface area contributed by atoms with Gasteiger partial charge in [0.25, 0.3) is 0 Å². The van der Waals surface area contributed by atoms with E-state index in [1.807, 2.05) is 30.3 Å². The summed E-state index contributed by atoms with van der Waals surface area (Å²) in [5.41, 5.74) is 1.80. The number of allylic oxidation sites excluding steroid dienone is 1. The van der Waals surface area contributed by atoms with E-state index in [9.17, 15) is 15.2 Å². The number of ether oxygens (including phenoxy) is 1. The van der Waals surface area contributed by atoms with Crippen LogP contribution in [0.2, 0.25) is 0 Å². The average molecular weight is 318 g/mol. The van der Waals surface area contributed by atoms with Crippen molar-refractivity contribution in [3.05, 3.63) is 65.4 Å². The van der Waals surface area contributed by atoms with E-state index in [2.05, 4.69) is 4.98 Å². The van der Waals surface area contributed by atoms with Crippen molar-refractivity contribution in [3.63, 3.8) is 0 Å². The molecule has 0 saturated carbocycles. The lowest BCUT2D eigenvalue weighted by Crippen LogP contribution is -2.01. The number of para-hydroxylation sites is 1. The van der Waals surface area contributed by atoms with Gasteiger partial charge in [-0.2, -0.15) is 5.26 Å². The Morgan fingerprint density at radius 2 is 2.08 bits per heavy atom. The molecule has 3 rings (SSSR count). The number of fused-ring (bicyclic) bond motifs is 1. The van der Waals surface area contributed by atoms with Crippen LogP contribution in [-0.4, -0.2) is 23.0 Å². The number of aromatic amines is 1. The maximum atomic E-state index is 12.7. The summed E-state index contributed by atoms with van der Waals surface area (Å²) in [5, 5.41) is 19.9. The maximum Gasteiger partial charge on any atom is 0.205 e. The van der Waals surface area contributed by atoms with Gasteiger partial charge in [0.1, 0.15) is 11.6 Å². The Hall–Kier alpha value is -3.52. The van der Waals surface area contributed by atoms with Gasteiger partial charge in [0.15, 0.2) is 11.5 Å². The van der Waals surface area contributed by atoms with Crippen molar-refractivity contribution in [1.82, 2.24) is 4.98 Å². The third-order valence-corrected chi connectivity index (χ3v) is 3.71. The van der Waals surface area contributed by atoms with Crippen LogP contribution in [0.15, 0.2) is 54.2 Å². The van der Waals surface area contributed by atoms with E-state index < -0.39 is 0 Å². The molecular formula is C19H14N2O3. The number of aromatic hydroxyl groups is 1. The zero-order chi connectivity index (χ0) is 17.1. The summed E-state index contributed by atoms with van der Waals surface area (Å²) in [6.07, 6.45) is 3.05. The number of phenols is 1. The minimum absolute atomic E-state index is 0.00989. The SMILES string of the molecule is COc1ccc(/C=C(\C#N)C(=O)c2c[nH]c3ccccc23)cc1O. The summed E-state index contributed by atoms with van der Waals surface area (Å²) in [7, 11) is 1.45. The van der Waals surface area contributed by atoms with Gasteiger partial charge in [0.05, 0.1) is 7.11 Å². The zero-order valence-electron chi connectivity index (χ0n) is 12.9. The number of Topliss-reactive ketones (excluding diaryl/α,β-unsaturated/α-hetero) is 1. The summed E-state index contributed by atoms with van der Waals surface area (Å²) < 4.78 is 4.98. The number of nitriles is 1. The number of aromatic nitrogens is 1. The summed E-state index contributed by atoms with van der Waals surface area (Å²) in [6, 6.07) is 14.0. The van der Waals surface area contributed by atoms with Crippen molar-refractivity contribution in [2.24, 2.45) is 0 Å². The summed E-state index contributed by atoms with van der Waals surface area (Å²) in [4.78, 5) is 15.7. The highest BCUT2D eigenvalue weighted by molar-refractivity contribution is 6.19. The molecule has 2 N–H and O–H groups in total. The Labute approximate surface area is 138 Å². The number of hydrogen-bond acceptors (Lipinski definition) is 4. The average Bonchev–Trinajstić information content (AvgIpc) is 3.03. The number of hydrogen-bond donors (Lipinski definition) is 2. The van der Waals surface area contributed by atoms with Gasteiger partial charge in [-0.05, 0) is 29.8 Å². The number of carbonyl (C=O) groups is 1. The minimum Gasteiger partial charge on any atom is -0.504 e. The van der Waals surface area contributed by atoms with Crippen molar-refractivity contribution in [2.75, 3.05) is 7.11 Å². The van der Waals surface area contributed by atoms with Crippen LogP contribution < -0.4 is 4.74 Å². The number of nitrogens with one attached hydrogen (secondary N) is 1. The van der Waals surface area contributed by atoms with Gasteiger partial charge < -0.3 is 14.8 Å². The van der Waals surface area contributed by atoms with Gasteiger partial charge in [-0.25, -0.2) is 0 Å². The molecule has 24 heavy (non-hydrogen) atoms. The quantitative estimate of drug-likeness (QED) is 0.436. The second-order valence-electron chi connectivity index (χ2n) is 5.18. The lowest BCUT2D eigenvalue weighted by molar-refractivity contribution is 0.104. The van der Waals surface area contributed by atoms with E-state index in [-0.39, 0.29) is 17.1 Å². The molecule has 5 heteroatoms. The highest BCUT2D eigenvalue weighted by atomic mass is 16.5. The van der Waals surface area contributed by atoms with Crippen LogP contribution in [-0.2, 0) is 0 Å². The molecule has 0 unspecified atom stereocenters. The van der Waals surface area contributed by atoms with Crippen LogP contribution in [0.1, 0.15) is 15.9 Å². The Bertz CT molecular complexity index is 993. The first-order valence-electron chi connectivity index (χ1n) is 7.23. The highest BCUT2D eigenvalue weighted by Gasteiger charge is 2.16. The Morgan fingerprint density at radius 3 is 2.79 bits per heavy atom. The first-order chi connectivity index (χ1) is 11.6. The minimum atomic E-state index is -0.370. The molecule has 0 bridgehead atoms. The summed E-state index contributed by atoms with van der Waals surface area (Å²) in [6.45, 7) is 0. The molecule has 1 aromatic heterocycles. The molecule has 0 aliphatic carbocycles. The van der Waals surface area contributed by atoms with E-state index in [1.54, 1.807) is 18.3 Å². The van der Waals surface area contributed by atoms with Gasteiger partial charge in [-0.1, -0.05) is 24.3 Å². The molecule has 0 spiro atoms. The third kappa shape index (κ3) is 2.73. The Kier molecular flexibility index (Phi) is 4.04. The van der Waals surface area contributed by atoms with E-state index in [0.717, 1.165) is 10.9 Å². The van der Waals surface area contributed by atoms with Gasteiger partial charge in [0.2, 0.25) is 5.78 Å². The topological polar surface area (TPSA) is 86.1 Å². The molecule has 1 heterocycles. The second kappa shape index (κ2) is 6.31. The van der Waals surface area contributed by atoms with Crippen molar-refractivity contribution >= 4 is 22.8 Å². The maximum absolute atomic E-state index is 12.7. The van der Waals surface area contributed by atoms with E-state index in [0.29, 0.717) is 16.9 Å². The van der Waals surface area contributed by atoms with Crippen LogP contribution >= 0.6 is 0 Å². The van der Waals surface area contributed by atoms with Crippen LogP contribution in [0.3, 0.4) is 0 Å². The molecular weight excluding hydrogens is 304 g/mol. The number of ketones is 1. The third-order valence-electron chi connectivity index (χ3n) is 3.71. The second-order valence-corrected chi connectivity index (χ2v) is 5.18. The first kappa shape index (κ1) is 15.4. The first-order valence-corrected chi connectivity index (χ1v) is 7.23. The normalized spacial score (nSPS) is 11.2. The largest absolute Gasteiger partial charge is 0.504 e. The molecule has 0 aliphatic heterocycles. The number of rotatable bonds is 4. The lowest BCUT2D eigenvalue weighted by Gasteiger charge is -2.04. The molecule has 0 aliphatic rings. The predicted molar refractivity (Wildman–Crippen MR) is 90.9 cm³/mol. The van der Waals surface area contributed by atoms with Crippen LogP contribution in [0.4, 0.5) is 0 Å². The van der Waals surface area contributed by atoms with Gasteiger partial charge in [-0.3, -0.25) is 4.79 Å². The molecule has 3 aromatic rings. The monoisotopic (exact) mass is 318 g/mol. The van der Waals surface area contributed by atoms with E-state index >= 15 is 0 Å². The fraction of sp³-hybridized carbons (Fsp3) is 0.0526. The smallest absolute Gasteiger partial charge is 0.205 e. The van der Waals surface area contributed by atoms with Crippen molar-refractivity contribution in [3.8, 4) is 17.6 Å². The molecule has 0 amide bonds. The molecule has 118 valence electrons. The molecule has 0 radical (unpaired) electrons. The number of nitrogens with zero attached hydrogens (tertiary/aromatic N) is 1. The van der Waals surface area contributed by atoms with Crippen LogP contribution in [0, 0.1) is 11.3 Å². The summed E-state index contributed by atoms with van der Waals surface area (Å²) >= 11 is 0. The van der Waals surface area contributed by atoms with Crippen molar-refractivity contribution < 1.29 is 14.6 Å². The van der Waals surface area contributed by atoms with Crippen LogP contribution in [0.5, 0.6) is 11.5 Å². The van der Waals surface area contributed by atoms with Gasteiger partial charge in [-0.15, -0.1) is 0 Å². The Balaban J connectivity index is 2.01. The molecule has 0 fully saturated rings. The van der Waals surface area contributed by atoms with Crippen LogP contribution in [0.25, 0.3) is 17.0 Å². The summed E-state index contributed by atoms with van der Waals surface area (Å²) in [5.74, 6) is -0.0954. The number of benzene rings is 2. The molecule has 5 nitrogen and oxygen atoms in total. The Morgan fingerprint density at radius 1 is 1.29 bits per heavy atom. The number of phenolic OH excluding ortho intramolecular Hbond substituents is 1.